The fourth-order valence-electron chi connectivity index (χ4n) is 1.51. The zero-order valence-electron chi connectivity index (χ0n) is 10.4. The number of nitrogen functional groups attached to an aromatic ring is 1. The third kappa shape index (κ3) is 3.59. The molecule has 0 amide bonds. The number of methoxy groups -OCH3 is 1. The number of carbonyl (C=O) groups is 1. The van der Waals surface area contributed by atoms with Gasteiger partial charge in [-0.3, -0.25) is 0 Å². The van der Waals surface area contributed by atoms with Crippen molar-refractivity contribution in [2.45, 2.75) is 19.4 Å². The van der Waals surface area contributed by atoms with Crippen LogP contribution in [0.15, 0.2) is 12.1 Å². The second-order valence-electron chi connectivity index (χ2n) is 4.05. The van der Waals surface area contributed by atoms with E-state index in [1.807, 2.05) is 6.92 Å². The van der Waals surface area contributed by atoms with Gasteiger partial charge in [-0.05, 0) is 25.5 Å². The molecular weight excluding hydrogens is 239 g/mol. The lowest BCUT2D eigenvalue weighted by molar-refractivity contribution is 0.0692. The minimum atomic E-state index is -1.34. The van der Waals surface area contributed by atoms with Crippen LogP contribution in [0.4, 0.5) is 15.8 Å². The van der Waals surface area contributed by atoms with E-state index in [2.05, 4.69) is 5.32 Å². The van der Waals surface area contributed by atoms with Crippen molar-refractivity contribution in [3.05, 3.63) is 23.5 Å². The minimum Gasteiger partial charge on any atom is -0.478 e. The van der Waals surface area contributed by atoms with Gasteiger partial charge in [0.1, 0.15) is 5.82 Å². The molecule has 1 rings (SSSR count). The van der Waals surface area contributed by atoms with E-state index >= 15 is 0 Å². The van der Waals surface area contributed by atoms with Crippen LogP contribution in [0.3, 0.4) is 0 Å². The molecule has 18 heavy (non-hydrogen) atoms. The van der Waals surface area contributed by atoms with Gasteiger partial charge in [0, 0.05) is 19.8 Å². The van der Waals surface area contributed by atoms with E-state index in [0.29, 0.717) is 12.3 Å². The first-order valence-electron chi connectivity index (χ1n) is 5.53. The Balaban J connectivity index is 2.84. The van der Waals surface area contributed by atoms with E-state index < -0.39 is 17.3 Å². The third-order valence-corrected chi connectivity index (χ3v) is 2.53. The first-order valence-corrected chi connectivity index (χ1v) is 5.53. The molecule has 100 valence electrons. The van der Waals surface area contributed by atoms with Gasteiger partial charge in [0.05, 0.1) is 16.9 Å². The highest BCUT2D eigenvalue weighted by Gasteiger charge is 2.14. The predicted octanol–water partition coefficient (Wildman–Crippen LogP) is 1.94. The van der Waals surface area contributed by atoms with Gasteiger partial charge in [0.2, 0.25) is 0 Å². The lowest BCUT2D eigenvalue weighted by Gasteiger charge is -2.17. The maximum Gasteiger partial charge on any atom is 0.338 e. The first-order chi connectivity index (χ1) is 8.45. The van der Waals surface area contributed by atoms with Gasteiger partial charge in [0.15, 0.2) is 0 Å². The molecular formula is C12H17FN2O3. The van der Waals surface area contributed by atoms with Gasteiger partial charge in [-0.25, -0.2) is 9.18 Å². The zero-order valence-corrected chi connectivity index (χ0v) is 10.4. The molecule has 0 fully saturated rings. The smallest absolute Gasteiger partial charge is 0.338 e. The van der Waals surface area contributed by atoms with Gasteiger partial charge in [-0.15, -0.1) is 0 Å². The number of hydrogen-bond acceptors (Lipinski definition) is 4. The Morgan fingerprint density at radius 3 is 2.83 bits per heavy atom. The van der Waals surface area contributed by atoms with E-state index in [1.54, 1.807) is 7.11 Å². The Bertz CT molecular complexity index is 438. The summed E-state index contributed by atoms with van der Waals surface area (Å²) in [5, 5.41) is 11.8. The van der Waals surface area contributed by atoms with Crippen LogP contribution in [0.5, 0.6) is 0 Å². The number of hydrogen-bond donors (Lipinski definition) is 3. The Kier molecular flexibility index (Phi) is 4.91. The Hall–Kier alpha value is -1.82. The molecule has 0 aliphatic carbocycles. The Morgan fingerprint density at radius 2 is 2.28 bits per heavy atom. The van der Waals surface area contributed by atoms with Crippen molar-refractivity contribution in [1.29, 1.82) is 0 Å². The number of ether oxygens (including phenoxy) is 1. The monoisotopic (exact) mass is 256 g/mol. The number of nitrogens with two attached hydrogens (primary N) is 1. The predicted molar refractivity (Wildman–Crippen MR) is 67.3 cm³/mol. The number of aromatic carboxylic acids is 1. The summed E-state index contributed by atoms with van der Waals surface area (Å²) in [5.41, 5.74) is 5.85. The van der Waals surface area contributed by atoms with E-state index in [-0.39, 0.29) is 11.7 Å². The molecule has 1 aromatic carbocycles. The molecule has 0 spiro atoms. The fourth-order valence-corrected chi connectivity index (χ4v) is 1.51. The Morgan fingerprint density at radius 1 is 1.61 bits per heavy atom. The van der Waals surface area contributed by atoms with E-state index in [0.717, 1.165) is 18.6 Å². The quantitative estimate of drug-likeness (QED) is 0.677. The van der Waals surface area contributed by atoms with Crippen LogP contribution in [-0.4, -0.2) is 30.8 Å². The maximum absolute atomic E-state index is 13.5. The topological polar surface area (TPSA) is 84.6 Å². The second kappa shape index (κ2) is 6.20. The summed E-state index contributed by atoms with van der Waals surface area (Å²) < 4.78 is 18.4. The number of rotatable bonds is 6. The van der Waals surface area contributed by atoms with Crippen LogP contribution in [0, 0.1) is 5.82 Å². The van der Waals surface area contributed by atoms with E-state index in [4.69, 9.17) is 15.6 Å². The van der Waals surface area contributed by atoms with Gasteiger partial charge in [-0.2, -0.15) is 0 Å². The summed E-state index contributed by atoms with van der Waals surface area (Å²) in [4.78, 5) is 10.7. The minimum absolute atomic E-state index is 0.0438. The molecule has 0 bridgehead atoms. The summed E-state index contributed by atoms with van der Waals surface area (Å²) in [6.07, 6.45) is 0.734. The molecule has 4 N–H and O–H groups in total. The number of carboxylic acids is 1. The van der Waals surface area contributed by atoms with Crippen molar-refractivity contribution in [2.75, 3.05) is 24.8 Å². The highest BCUT2D eigenvalue weighted by molar-refractivity contribution is 5.90. The van der Waals surface area contributed by atoms with Crippen LogP contribution in [0.2, 0.25) is 0 Å². The maximum atomic E-state index is 13.5. The number of nitrogens with one attached hydrogen (secondary N) is 1. The van der Waals surface area contributed by atoms with Gasteiger partial charge in [-0.1, -0.05) is 0 Å². The number of benzene rings is 1. The summed E-state index contributed by atoms with van der Waals surface area (Å²) in [6.45, 7) is 2.48. The number of halogens is 1. The molecule has 6 heteroatoms. The zero-order chi connectivity index (χ0) is 13.7. The van der Waals surface area contributed by atoms with Crippen molar-refractivity contribution in [3.63, 3.8) is 0 Å². The molecule has 0 saturated carbocycles. The van der Waals surface area contributed by atoms with Crippen LogP contribution in [0.1, 0.15) is 23.7 Å². The molecule has 0 aliphatic heterocycles. The summed E-state index contributed by atoms with van der Waals surface area (Å²) >= 11 is 0. The molecule has 1 atom stereocenters. The largest absolute Gasteiger partial charge is 0.478 e. The Labute approximate surface area is 105 Å². The molecule has 0 aromatic heterocycles. The van der Waals surface area contributed by atoms with Crippen LogP contribution < -0.4 is 11.1 Å². The van der Waals surface area contributed by atoms with Crippen molar-refractivity contribution in [3.8, 4) is 0 Å². The lowest BCUT2D eigenvalue weighted by Crippen LogP contribution is -2.18. The van der Waals surface area contributed by atoms with E-state index in [9.17, 15) is 9.18 Å². The van der Waals surface area contributed by atoms with Crippen molar-refractivity contribution >= 4 is 17.3 Å². The highest BCUT2D eigenvalue weighted by atomic mass is 19.1. The highest BCUT2D eigenvalue weighted by Crippen LogP contribution is 2.24. The SMILES string of the molecule is COCCC(C)Nc1cc(F)c(C(=O)O)cc1N. The normalized spacial score (nSPS) is 12.2. The average molecular weight is 256 g/mol. The number of anilines is 2. The number of carboxylic acid groups (broad SMARTS) is 1. The molecule has 5 nitrogen and oxygen atoms in total. The molecule has 0 aliphatic rings. The molecule has 0 saturated heterocycles. The first kappa shape index (κ1) is 14.2. The molecule has 1 aromatic rings. The van der Waals surface area contributed by atoms with Gasteiger partial charge < -0.3 is 20.9 Å². The van der Waals surface area contributed by atoms with Crippen molar-refractivity contribution in [1.82, 2.24) is 0 Å². The summed E-state index contributed by atoms with van der Waals surface area (Å²) in [7, 11) is 1.60. The third-order valence-electron chi connectivity index (χ3n) is 2.53. The van der Waals surface area contributed by atoms with E-state index in [1.165, 1.54) is 0 Å². The summed E-state index contributed by atoms with van der Waals surface area (Å²) in [5.74, 6) is -2.14. The van der Waals surface area contributed by atoms with Crippen molar-refractivity contribution < 1.29 is 19.0 Å². The fraction of sp³-hybridized carbons (Fsp3) is 0.417. The molecule has 1 unspecified atom stereocenters. The lowest BCUT2D eigenvalue weighted by atomic mass is 10.1. The van der Waals surface area contributed by atoms with Gasteiger partial charge in [0.25, 0.3) is 0 Å². The molecule has 0 heterocycles. The van der Waals surface area contributed by atoms with Crippen molar-refractivity contribution in [2.24, 2.45) is 0 Å². The van der Waals surface area contributed by atoms with Crippen LogP contribution in [-0.2, 0) is 4.74 Å². The second-order valence-corrected chi connectivity index (χ2v) is 4.05. The average Bonchev–Trinajstić information content (AvgIpc) is 2.30. The van der Waals surface area contributed by atoms with Crippen LogP contribution >= 0.6 is 0 Å². The molecule has 0 radical (unpaired) electrons. The van der Waals surface area contributed by atoms with Gasteiger partial charge >= 0.3 is 5.97 Å². The summed E-state index contributed by atoms with van der Waals surface area (Å²) in [6, 6.07) is 2.26. The standard InChI is InChI=1S/C12H17FN2O3/c1-7(3-4-18-2)15-11-6-9(13)8(12(16)17)5-10(11)14/h5-7,15H,3-4,14H2,1-2H3,(H,16,17). The van der Waals surface area contributed by atoms with Crippen LogP contribution in [0.25, 0.3) is 0 Å².